The summed E-state index contributed by atoms with van der Waals surface area (Å²) in [6.45, 7) is 0. The lowest BCUT2D eigenvalue weighted by Crippen LogP contribution is -1.88. The van der Waals surface area contributed by atoms with Crippen LogP contribution in [0.15, 0.2) is 24.5 Å². The summed E-state index contributed by atoms with van der Waals surface area (Å²) in [5, 5.41) is 3.20. The zero-order chi connectivity index (χ0) is 12.9. The van der Waals surface area contributed by atoms with E-state index in [1.807, 2.05) is 12.1 Å². The lowest BCUT2D eigenvalue weighted by molar-refractivity contribution is 1.37. The molecule has 0 atom stereocenters. The maximum atomic E-state index is 6.14. The SMILES string of the molecule is Clc1cnc2c(ccc3c(Cl)c(Cl)cnc32)c1Cl. The van der Waals surface area contributed by atoms with Crippen LogP contribution in [0.25, 0.3) is 21.8 Å². The zero-order valence-corrected chi connectivity index (χ0v) is 11.7. The first-order chi connectivity index (χ1) is 8.59. The fourth-order valence-electron chi connectivity index (χ4n) is 1.81. The molecule has 0 aliphatic carbocycles. The molecule has 0 saturated carbocycles. The molecular weight excluding hydrogens is 314 g/mol. The summed E-state index contributed by atoms with van der Waals surface area (Å²) in [5.41, 5.74) is 1.31. The Hall–Kier alpha value is -0.800. The van der Waals surface area contributed by atoms with Gasteiger partial charge in [-0.15, -0.1) is 0 Å². The van der Waals surface area contributed by atoms with Crippen LogP contribution in [0.2, 0.25) is 20.1 Å². The smallest absolute Gasteiger partial charge is 0.0981 e. The van der Waals surface area contributed by atoms with Gasteiger partial charge in [0.15, 0.2) is 0 Å². The number of hydrogen-bond donors (Lipinski definition) is 0. The summed E-state index contributed by atoms with van der Waals surface area (Å²) in [7, 11) is 0. The predicted octanol–water partition coefficient (Wildman–Crippen LogP) is 5.40. The Morgan fingerprint density at radius 3 is 1.44 bits per heavy atom. The molecule has 2 nitrogen and oxygen atoms in total. The van der Waals surface area contributed by atoms with Crippen molar-refractivity contribution in [3.8, 4) is 0 Å². The Morgan fingerprint density at radius 2 is 1.06 bits per heavy atom. The van der Waals surface area contributed by atoms with Crippen LogP contribution in [-0.4, -0.2) is 9.97 Å². The minimum absolute atomic E-state index is 0.406. The third-order valence-electron chi connectivity index (χ3n) is 2.66. The van der Waals surface area contributed by atoms with Gasteiger partial charge in [-0.2, -0.15) is 0 Å². The molecule has 6 heteroatoms. The maximum absolute atomic E-state index is 6.14. The van der Waals surface area contributed by atoms with E-state index in [1.165, 1.54) is 12.4 Å². The van der Waals surface area contributed by atoms with Crippen molar-refractivity contribution in [2.45, 2.75) is 0 Å². The zero-order valence-electron chi connectivity index (χ0n) is 8.72. The molecule has 0 spiro atoms. The lowest BCUT2D eigenvalue weighted by atomic mass is 10.1. The van der Waals surface area contributed by atoms with Crippen molar-refractivity contribution in [3.63, 3.8) is 0 Å². The van der Waals surface area contributed by atoms with Crippen molar-refractivity contribution in [1.82, 2.24) is 9.97 Å². The van der Waals surface area contributed by atoms with Crippen molar-refractivity contribution in [3.05, 3.63) is 44.6 Å². The Bertz CT molecular complexity index is 719. The van der Waals surface area contributed by atoms with Gasteiger partial charge in [-0.25, -0.2) is 0 Å². The minimum Gasteiger partial charge on any atom is -0.252 e. The van der Waals surface area contributed by atoms with E-state index in [0.717, 1.165) is 10.8 Å². The highest BCUT2D eigenvalue weighted by Crippen LogP contribution is 2.36. The van der Waals surface area contributed by atoms with Crippen LogP contribution < -0.4 is 0 Å². The second kappa shape index (κ2) is 4.39. The minimum atomic E-state index is 0.406. The van der Waals surface area contributed by atoms with Crippen LogP contribution in [0.1, 0.15) is 0 Å². The van der Waals surface area contributed by atoms with Crippen molar-refractivity contribution in [2.75, 3.05) is 0 Å². The van der Waals surface area contributed by atoms with E-state index in [4.69, 9.17) is 46.4 Å². The molecule has 3 aromatic rings. The Kier molecular flexibility index (Phi) is 2.99. The van der Waals surface area contributed by atoms with Crippen LogP contribution >= 0.6 is 46.4 Å². The normalized spacial score (nSPS) is 11.3. The maximum Gasteiger partial charge on any atom is 0.0981 e. The van der Waals surface area contributed by atoms with Gasteiger partial charge in [0.1, 0.15) is 0 Å². The summed E-state index contributed by atoms with van der Waals surface area (Å²) < 4.78 is 0. The van der Waals surface area contributed by atoms with E-state index in [2.05, 4.69) is 9.97 Å². The van der Waals surface area contributed by atoms with Gasteiger partial charge in [0, 0.05) is 23.2 Å². The van der Waals surface area contributed by atoms with Crippen LogP contribution in [0.4, 0.5) is 0 Å². The van der Waals surface area contributed by atoms with E-state index >= 15 is 0 Å². The van der Waals surface area contributed by atoms with Gasteiger partial charge in [-0.3, -0.25) is 9.97 Å². The summed E-state index contributed by atoms with van der Waals surface area (Å²) in [4.78, 5) is 8.52. The van der Waals surface area contributed by atoms with Crippen molar-refractivity contribution in [1.29, 1.82) is 0 Å². The Morgan fingerprint density at radius 1 is 0.667 bits per heavy atom. The van der Waals surface area contributed by atoms with Crippen molar-refractivity contribution >= 4 is 68.2 Å². The standard InChI is InChI=1S/C12H4Cl4N2/c13-7-3-17-11-5(9(7)15)1-2-6-10(16)8(14)4-18-12(6)11/h1-4H. The Balaban J connectivity index is 2.56. The number of nitrogens with zero attached hydrogens (tertiary/aromatic N) is 2. The molecule has 0 unspecified atom stereocenters. The van der Waals surface area contributed by atoms with Gasteiger partial charge in [0.05, 0.1) is 31.1 Å². The van der Waals surface area contributed by atoms with Gasteiger partial charge >= 0.3 is 0 Å². The molecule has 2 aromatic heterocycles. The number of halogens is 4. The average molecular weight is 318 g/mol. The molecule has 0 amide bonds. The molecule has 0 bridgehead atoms. The van der Waals surface area contributed by atoms with Crippen LogP contribution in [0.5, 0.6) is 0 Å². The highest BCUT2D eigenvalue weighted by molar-refractivity contribution is 6.47. The van der Waals surface area contributed by atoms with Crippen molar-refractivity contribution in [2.24, 2.45) is 0 Å². The van der Waals surface area contributed by atoms with Crippen LogP contribution in [0.3, 0.4) is 0 Å². The second-order valence-corrected chi connectivity index (χ2v) is 5.27. The number of pyridine rings is 2. The number of benzene rings is 1. The van der Waals surface area contributed by atoms with Crippen LogP contribution in [-0.2, 0) is 0 Å². The quantitative estimate of drug-likeness (QED) is 0.519. The molecule has 0 saturated heterocycles. The number of aromatic nitrogens is 2. The summed E-state index contributed by atoms with van der Waals surface area (Å²) in [6.07, 6.45) is 2.99. The molecule has 0 aliphatic heterocycles. The monoisotopic (exact) mass is 316 g/mol. The third-order valence-corrected chi connectivity index (χ3v) is 4.24. The Labute approximate surface area is 122 Å². The first kappa shape index (κ1) is 12.2. The first-order valence-electron chi connectivity index (χ1n) is 4.96. The molecule has 0 N–H and O–H groups in total. The van der Waals surface area contributed by atoms with Gasteiger partial charge in [-0.05, 0) is 0 Å². The molecule has 3 rings (SSSR count). The van der Waals surface area contributed by atoms with E-state index in [0.29, 0.717) is 31.1 Å². The number of rotatable bonds is 0. The van der Waals surface area contributed by atoms with E-state index < -0.39 is 0 Å². The van der Waals surface area contributed by atoms with E-state index in [9.17, 15) is 0 Å². The van der Waals surface area contributed by atoms with Gasteiger partial charge in [-0.1, -0.05) is 58.5 Å². The fourth-order valence-corrected chi connectivity index (χ4v) is 2.51. The lowest BCUT2D eigenvalue weighted by Gasteiger charge is -2.07. The van der Waals surface area contributed by atoms with Gasteiger partial charge < -0.3 is 0 Å². The fraction of sp³-hybridized carbons (Fsp3) is 0. The molecule has 0 fully saturated rings. The number of fused-ring (bicyclic) bond motifs is 3. The topological polar surface area (TPSA) is 25.8 Å². The summed E-state index contributed by atoms with van der Waals surface area (Å²) >= 11 is 24.1. The molecule has 18 heavy (non-hydrogen) atoms. The largest absolute Gasteiger partial charge is 0.252 e. The molecular formula is C12H4Cl4N2. The average Bonchev–Trinajstić information content (AvgIpc) is 2.38. The van der Waals surface area contributed by atoms with Crippen LogP contribution in [0, 0.1) is 0 Å². The second-order valence-electron chi connectivity index (χ2n) is 3.70. The van der Waals surface area contributed by atoms with E-state index in [-0.39, 0.29) is 0 Å². The molecule has 0 aliphatic rings. The summed E-state index contributed by atoms with van der Waals surface area (Å²) in [5.74, 6) is 0. The highest BCUT2D eigenvalue weighted by atomic mass is 35.5. The van der Waals surface area contributed by atoms with E-state index in [1.54, 1.807) is 0 Å². The molecule has 90 valence electrons. The first-order valence-corrected chi connectivity index (χ1v) is 6.47. The van der Waals surface area contributed by atoms with Gasteiger partial charge in [0.2, 0.25) is 0 Å². The highest BCUT2D eigenvalue weighted by Gasteiger charge is 2.12. The third kappa shape index (κ3) is 1.72. The molecule has 2 heterocycles. The molecule has 0 radical (unpaired) electrons. The number of hydrogen-bond acceptors (Lipinski definition) is 2. The van der Waals surface area contributed by atoms with Crippen molar-refractivity contribution < 1.29 is 0 Å². The predicted molar refractivity (Wildman–Crippen MR) is 77.1 cm³/mol. The summed E-state index contributed by atoms with van der Waals surface area (Å²) in [6, 6.07) is 3.62. The molecule has 1 aromatic carbocycles. The van der Waals surface area contributed by atoms with Gasteiger partial charge in [0.25, 0.3) is 0 Å².